The monoisotopic (exact) mass is 333 g/mol. The Balaban J connectivity index is 1.37. The average Bonchev–Trinajstić information content (AvgIpc) is 2.54. The van der Waals surface area contributed by atoms with E-state index in [2.05, 4.69) is 0 Å². The highest BCUT2D eigenvalue weighted by molar-refractivity contribution is 5.78. The first-order valence-electron chi connectivity index (χ1n) is 7.65. The SMILES string of the molecule is O=C(COc1ccccc1F)N1CC(COc2ccc(F)cc2)C1. The van der Waals surface area contributed by atoms with Crippen LogP contribution >= 0.6 is 0 Å². The third-order valence-corrected chi connectivity index (χ3v) is 3.80. The molecule has 0 aromatic heterocycles. The first-order chi connectivity index (χ1) is 11.6. The molecule has 1 saturated heterocycles. The number of benzene rings is 2. The molecular weight excluding hydrogens is 316 g/mol. The Morgan fingerprint density at radius 2 is 1.75 bits per heavy atom. The second-order valence-electron chi connectivity index (χ2n) is 5.65. The summed E-state index contributed by atoms with van der Waals surface area (Å²) < 4.78 is 36.9. The molecule has 0 atom stereocenters. The Kier molecular flexibility index (Phi) is 4.93. The van der Waals surface area contributed by atoms with E-state index in [4.69, 9.17) is 9.47 Å². The highest BCUT2D eigenvalue weighted by atomic mass is 19.1. The number of para-hydroxylation sites is 1. The van der Waals surface area contributed by atoms with Gasteiger partial charge < -0.3 is 14.4 Å². The van der Waals surface area contributed by atoms with Gasteiger partial charge in [0.1, 0.15) is 11.6 Å². The van der Waals surface area contributed by atoms with Crippen LogP contribution in [-0.2, 0) is 4.79 Å². The molecule has 24 heavy (non-hydrogen) atoms. The van der Waals surface area contributed by atoms with Crippen LogP contribution in [-0.4, -0.2) is 37.1 Å². The van der Waals surface area contributed by atoms with E-state index in [1.54, 1.807) is 29.2 Å². The topological polar surface area (TPSA) is 38.8 Å². The fourth-order valence-corrected chi connectivity index (χ4v) is 2.42. The molecule has 1 aliphatic rings. The molecule has 1 aliphatic heterocycles. The number of carbonyl (C=O) groups is 1. The minimum atomic E-state index is -0.487. The Morgan fingerprint density at radius 3 is 2.46 bits per heavy atom. The van der Waals surface area contributed by atoms with Gasteiger partial charge in [0.15, 0.2) is 18.2 Å². The molecular formula is C18H17F2NO3. The third-order valence-electron chi connectivity index (χ3n) is 3.80. The molecule has 1 amide bonds. The zero-order chi connectivity index (χ0) is 16.9. The van der Waals surface area contributed by atoms with Crippen molar-refractivity contribution < 1.29 is 23.0 Å². The number of hydrogen-bond acceptors (Lipinski definition) is 3. The summed E-state index contributed by atoms with van der Waals surface area (Å²) in [6.45, 7) is 1.41. The molecule has 0 bridgehead atoms. The fourth-order valence-electron chi connectivity index (χ4n) is 2.42. The van der Waals surface area contributed by atoms with Gasteiger partial charge >= 0.3 is 0 Å². The summed E-state index contributed by atoms with van der Waals surface area (Å²) >= 11 is 0. The first-order valence-corrected chi connectivity index (χ1v) is 7.65. The summed E-state index contributed by atoms with van der Waals surface area (Å²) in [7, 11) is 0. The fraction of sp³-hybridized carbons (Fsp3) is 0.278. The van der Waals surface area contributed by atoms with Crippen molar-refractivity contribution in [3.8, 4) is 11.5 Å². The maximum atomic E-state index is 13.4. The van der Waals surface area contributed by atoms with Crippen molar-refractivity contribution in [2.24, 2.45) is 5.92 Å². The van der Waals surface area contributed by atoms with Crippen molar-refractivity contribution in [1.82, 2.24) is 4.90 Å². The Labute approximate surface area is 138 Å². The number of carbonyl (C=O) groups excluding carboxylic acids is 1. The minimum Gasteiger partial charge on any atom is -0.493 e. The average molecular weight is 333 g/mol. The van der Waals surface area contributed by atoms with Crippen LogP contribution in [0.15, 0.2) is 48.5 Å². The van der Waals surface area contributed by atoms with Crippen LogP contribution in [0, 0.1) is 17.6 Å². The Bertz CT molecular complexity index is 700. The lowest BCUT2D eigenvalue weighted by molar-refractivity contribution is -0.140. The smallest absolute Gasteiger partial charge is 0.260 e. The van der Waals surface area contributed by atoms with Gasteiger partial charge in [0.2, 0.25) is 0 Å². The van der Waals surface area contributed by atoms with Crippen molar-refractivity contribution >= 4 is 5.91 Å². The van der Waals surface area contributed by atoms with Gasteiger partial charge in [-0.05, 0) is 36.4 Å². The molecule has 0 unspecified atom stereocenters. The molecule has 126 valence electrons. The maximum Gasteiger partial charge on any atom is 0.260 e. The summed E-state index contributed by atoms with van der Waals surface area (Å²) in [5.41, 5.74) is 0. The van der Waals surface area contributed by atoms with E-state index in [0.29, 0.717) is 25.4 Å². The lowest BCUT2D eigenvalue weighted by Crippen LogP contribution is -2.53. The third kappa shape index (κ3) is 4.01. The van der Waals surface area contributed by atoms with E-state index in [1.165, 1.54) is 24.3 Å². The largest absolute Gasteiger partial charge is 0.493 e. The van der Waals surface area contributed by atoms with Gasteiger partial charge in [0, 0.05) is 19.0 Å². The highest BCUT2D eigenvalue weighted by Gasteiger charge is 2.31. The molecule has 0 spiro atoms. The van der Waals surface area contributed by atoms with Crippen LogP contribution in [0.1, 0.15) is 0 Å². The number of hydrogen-bond donors (Lipinski definition) is 0. The first kappa shape index (κ1) is 16.2. The molecule has 0 saturated carbocycles. The van der Waals surface area contributed by atoms with Crippen LogP contribution < -0.4 is 9.47 Å². The zero-order valence-electron chi connectivity index (χ0n) is 13.0. The summed E-state index contributed by atoms with van der Waals surface area (Å²) in [5, 5.41) is 0. The van der Waals surface area contributed by atoms with Gasteiger partial charge in [-0.2, -0.15) is 0 Å². The molecule has 4 nitrogen and oxygen atoms in total. The van der Waals surface area contributed by atoms with Crippen molar-refractivity contribution in [2.45, 2.75) is 0 Å². The lowest BCUT2D eigenvalue weighted by atomic mass is 10.0. The summed E-state index contributed by atoms with van der Waals surface area (Å²) in [6.07, 6.45) is 0. The molecule has 6 heteroatoms. The molecule has 2 aromatic carbocycles. The summed E-state index contributed by atoms with van der Waals surface area (Å²) in [5.74, 6) is -0.0764. The standard InChI is InChI=1S/C18H17F2NO3/c19-14-5-7-15(8-6-14)23-11-13-9-21(10-13)18(22)12-24-17-4-2-1-3-16(17)20/h1-8,13H,9-12H2. The van der Waals surface area contributed by atoms with E-state index < -0.39 is 5.82 Å². The van der Waals surface area contributed by atoms with Crippen LogP contribution in [0.3, 0.4) is 0 Å². The van der Waals surface area contributed by atoms with Gasteiger partial charge in [-0.1, -0.05) is 12.1 Å². The predicted octanol–water partition coefficient (Wildman–Crippen LogP) is 2.88. The van der Waals surface area contributed by atoms with Crippen LogP contribution in [0.2, 0.25) is 0 Å². The molecule has 0 aliphatic carbocycles. The van der Waals surface area contributed by atoms with Crippen molar-refractivity contribution in [1.29, 1.82) is 0 Å². The van der Waals surface area contributed by atoms with Crippen LogP contribution in [0.5, 0.6) is 11.5 Å². The second-order valence-corrected chi connectivity index (χ2v) is 5.65. The van der Waals surface area contributed by atoms with E-state index in [-0.39, 0.29) is 30.0 Å². The second kappa shape index (κ2) is 7.29. The van der Waals surface area contributed by atoms with Crippen molar-refractivity contribution in [2.75, 3.05) is 26.3 Å². The van der Waals surface area contributed by atoms with Gasteiger partial charge in [0.25, 0.3) is 5.91 Å². The van der Waals surface area contributed by atoms with Crippen LogP contribution in [0.25, 0.3) is 0 Å². The van der Waals surface area contributed by atoms with Gasteiger partial charge in [0.05, 0.1) is 6.61 Å². The molecule has 1 fully saturated rings. The summed E-state index contributed by atoms with van der Waals surface area (Å²) in [6, 6.07) is 11.8. The number of halogens is 2. The molecule has 0 N–H and O–H groups in total. The zero-order valence-corrected chi connectivity index (χ0v) is 13.0. The minimum absolute atomic E-state index is 0.0718. The highest BCUT2D eigenvalue weighted by Crippen LogP contribution is 2.20. The molecule has 2 aromatic rings. The van der Waals surface area contributed by atoms with E-state index in [9.17, 15) is 13.6 Å². The van der Waals surface area contributed by atoms with E-state index >= 15 is 0 Å². The van der Waals surface area contributed by atoms with Gasteiger partial charge in [-0.3, -0.25) is 4.79 Å². The van der Waals surface area contributed by atoms with Crippen molar-refractivity contribution in [3.05, 3.63) is 60.2 Å². The quantitative estimate of drug-likeness (QED) is 0.816. The van der Waals surface area contributed by atoms with Gasteiger partial charge in [-0.25, -0.2) is 8.78 Å². The van der Waals surface area contributed by atoms with Crippen LogP contribution in [0.4, 0.5) is 8.78 Å². The number of amides is 1. The molecule has 0 radical (unpaired) electrons. The number of nitrogens with zero attached hydrogens (tertiary/aromatic N) is 1. The normalized spacial score (nSPS) is 14.2. The predicted molar refractivity (Wildman–Crippen MR) is 83.9 cm³/mol. The Morgan fingerprint density at radius 1 is 1.04 bits per heavy atom. The maximum absolute atomic E-state index is 13.4. The number of likely N-dealkylation sites (tertiary alicyclic amines) is 1. The van der Waals surface area contributed by atoms with E-state index in [0.717, 1.165) is 0 Å². The van der Waals surface area contributed by atoms with Crippen molar-refractivity contribution in [3.63, 3.8) is 0 Å². The lowest BCUT2D eigenvalue weighted by Gasteiger charge is -2.38. The van der Waals surface area contributed by atoms with Gasteiger partial charge in [-0.15, -0.1) is 0 Å². The number of rotatable bonds is 6. The molecule has 1 heterocycles. The Hall–Kier alpha value is -2.63. The van der Waals surface area contributed by atoms with E-state index in [1.807, 2.05) is 0 Å². The molecule has 3 rings (SSSR count). The summed E-state index contributed by atoms with van der Waals surface area (Å²) in [4.78, 5) is 13.6. The number of ether oxygens (including phenoxy) is 2.